The van der Waals surface area contributed by atoms with Gasteiger partial charge in [0.05, 0.1) is 10.6 Å². The van der Waals surface area contributed by atoms with E-state index in [1.54, 1.807) is 42.7 Å². The Kier molecular flexibility index (Phi) is 4.92. The van der Waals surface area contributed by atoms with Gasteiger partial charge >= 0.3 is 0 Å². The molecular weight excluding hydrogens is 353 g/mol. The summed E-state index contributed by atoms with van der Waals surface area (Å²) >= 11 is 5.92. The van der Waals surface area contributed by atoms with Gasteiger partial charge in [0, 0.05) is 50.2 Å². The van der Waals surface area contributed by atoms with Crippen LogP contribution in [0.4, 0.5) is 4.39 Å². The molecule has 6 heteroatoms. The number of aromatic nitrogens is 1. The quantitative estimate of drug-likeness (QED) is 0.824. The highest BCUT2D eigenvalue weighted by atomic mass is 35.5. The van der Waals surface area contributed by atoms with Gasteiger partial charge in [-0.15, -0.1) is 0 Å². The average Bonchev–Trinajstić information content (AvgIpc) is 2.97. The number of nitrogens with zero attached hydrogens (tertiary/aromatic N) is 3. The minimum Gasteiger partial charge on any atom is -0.337 e. The molecule has 2 atom stereocenters. The number of amides is 1. The Hall–Kier alpha value is -1.98. The van der Waals surface area contributed by atoms with E-state index in [9.17, 15) is 9.18 Å². The number of carbonyl (C=O) groups is 1. The minimum atomic E-state index is -0.336. The minimum absolute atomic E-state index is 0.0331. The van der Waals surface area contributed by atoms with Gasteiger partial charge in [-0.2, -0.15) is 0 Å². The zero-order chi connectivity index (χ0) is 18.1. The van der Waals surface area contributed by atoms with Gasteiger partial charge in [-0.1, -0.05) is 23.7 Å². The lowest BCUT2D eigenvalue weighted by atomic mass is 9.94. The Balaban J connectivity index is 1.51. The fraction of sp³-hybridized carbons (Fsp3) is 0.400. The van der Waals surface area contributed by atoms with Crippen LogP contribution in [0.5, 0.6) is 0 Å². The summed E-state index contributed by atoms with van der Waals surface area (Å²) in [5, 5.41) is 0.163. The summed E-state index contributed by atoms with van der Waals surface area (Å²) < 4.78 is 14.3. The number of pyridine rings is 1. The summed E-state index contributed by atoms with van der Waals surface area (Å²) in [7, 11) is 0. The molecule has 26 heavy (non-hydrogen) atoms. The highest BCUT2D eigenvalue weighted by Crippen LogP contribution is 2.31. The molecule has 3 aliphatic heterocycles. The average molecular weight is 374 g/mol. The molecule has 1 amide bonds. The van der Waals surface area contributed by atoms with E-state index in [0.717, 1.165) is 25.9 Å². The Labute approximate surface area is 157 Å². The maximum absolute atomic E-state index is 14.3. The maximum Gasteiger partial charge on any atom is 0.255 e. The van der Waals surface area contributed by atoms with Gasteiger partial charge < -0.3 is 4.90 Å². The summed E-state index contributed by atoms with van der Waals surface area (Å²) in [6.07, 6.45) is 5.43. The van der Waals surface area contributed by atoms with Gasteiger partial charge in [-0.05, 0) is 37.0 Å². The van der Waals surface area contributed by atoms with Crippen molar-refractivity contribution in [3.05, 3.63) is 64.7 Å². The zero-order valence-electron chi connectivity index (χ0n) is 14.4. The summed E-state index contributed by atoms with van der Waals surface area (Å²) in [4.78, 5) is 21.1. The monoisotopic (exact) mass is 373 g/mol. The molecule has 0 unspecified atom stereocenters. The molecule has 2 aromatic rings. The van der Waals surface area contributed by atoms with Crippen LogP contribution >= 0.6 is 11.6 Å². The van der Waals surface area contributed by atoms with Crippen LogP contribution in [0.15, 0.2) is 42.7 Å². The molecular formula is C20H21ClFN3O. The van der Waals surface area contributed by atoms with Crippen molar-refractivity contribution in [3.63, 3.8) is 0 Å². The Bertz CT molecular complexity index is 801. The first-order chi connectivity index (χ1) is 12.6. The zero-order valence-corrected chi connectivity index (χ0v) is 15.2. The van der Waals surface area contributed by atoms with Crippen molar-refractivity contribution in [1.82, 2.24) is 14.8 Å². The van der Waals surface area contributed by atoms with Crippen molar-refractivity contribution in [2.24, 2.45) is 5.92 Å². The normalized spacial score (nSPS) is 23.1. The predicted octanol–water partition coefficient (Wildman–Crippen LogP) is 3.61. The lowest BCUT2D eigenvalue weighted by molar-refractivity contribution is 0.0735. The van der Waals surface area contributed by atoms with Gasteiger partial charge in [0.2, 0.25) is 0 Å². The second-order valence-corrected chi connectivity index (χ2v) is 7.60. The van der Waals surface area contributed by atoms with Crippen molar-refractivity contribution < 1.29 is 9.18 Å². The summed E-state index contributed by atoms with van der Waals surface area (Å²) in [6.45, 7) is 2.83. The van der Waals surface area contributed by atoms with E-state index >= 15 is 0 Å². The van der Waals surface area contributed by atoms with E-state index in [1.807, 2.05) is 4.90 Å². The lowest BCUT2D eigenvalue weighted by Crippen LogP contribution is -2.44. The molecule has 3 fully saturated rings. The van der Waals surface area contributed by atoms with Crippen LogP contribution in [0.3, 0.4) is 0 Å². The standard InChI is InChI=1S/C20H21ClFN3O/c21-18-5-1-3-16(19(18)22)12-24-10-14-6-7-17(24)13-25(11-14)20(26)15-4-2-8-23-9-15/h1-5,8-9,14,17H,6-7,10-13H2/t14-,17-/m0/s1. The van der Waals surface area contributed by atoms with Gasteiger partial charge in [-0.25, -0.2) is 4.39 Å². The van der Waals surface area contributed by atoms with E-state index in [1.165, 1.54) is 0 Å². The van der Waals surface area contributed by atoms with E-state index in [0.29, 0.717) is 30.1 Å². The van der Waals surface area contributed by atoms with E-state index in [4.69, 9.17) is 11.6 Å². The highest BCUT2D eigenvalue weighted by Gasteiger charge is 2.36. The first-order valence-electron chi connectivity index (χ1n) is 8.98. The molecule has 0 radical (unpaired) electrons. The van der Waals surface area contributed by atoms with Crippen LogP contribution in [0.25, 0.3) is 0 Å². The molecule has 0 N–H and O–H groups in total. The molecule has 3 aliphatic rings. The maximum atomic E-state index is 14.3. The molecule has 4 heterocycles. The van der Waals surface area contributed by atoms with Crippen molar-refractivity contribution in [1.29, 1.82) is 0 Å². The summed E-state index contributed by atoms with van der Waals surface area (Å²) in [6, 6.07) is 8.99. The first kappa shape index (κ1) is 17.4. The molecule has 4 nitrogen and oxygen atoms in total. The van der Waals surface area contributed by atoms with Crippen LogP contribution < -0.4 is 0 Å². The molecule has 2 bridgehead atoms. The molecule has 0 aliphatic carbocycles. The van der Waals surface area contributed by atoms with Crippen LogP contribution in [-0.4, -0.2) is 46.4 Å². The second kappa shape index (κ2) is 7.33. The third-order valence-corrected chi connectivity index (χ3v) is 5.72. The number of halogens is 2. The SMILES string of the molecule is O=C(c1cccnc1)N1C[C@H]2CC[C@@H](C1)N(Cc1cccc(Cl)c1F)C2. The number of fused-ring (bicyclic) bond motifs is 4. The molecule has 136 valence electrons. The van der Waals surface area contributed by atoms with E-state index < -0.39 is 0 Å². The number of hydrogen-bond donors (Lipinski definition) is 0. The molecule has 3 saturated heterocycles. The number of carbonyl (C=O) groups excluding carboxylic acids is 1. The number of hydrogen-bond acceptors (Lipinski definition) is 3. The van der Waals surface area contributed by atoms with Crippen LogP contribution in [0.2, 0.25) is 5.02 Å². The summed E-state index contributed by atoms with van der Waals surface area (Å²) in [5.41, 5.74) is 1.25. The van der Waals surface area contributed by atoms with E-state index in [2.05, 4.69) is 9.88 Å². The third-order valence-electron chi connectivity index (χ3n) is 5.43. The van der Waals surface area contributed by atoms with Gasteiger partial charge in [0.25, 0.3) is 5.91 Å². The molecule has 5 rings (SSSR count). The largest absolute Gasteiger partial charge is 0.337 e. The van der Waals surface area contributed by atoms with Crippen LogP contribution in [0, 0.1) is 11.7 Å². The Morgan fingerprint density at radius 3 is 2.88 bits per heavy atom. The van der Waals surface area contributed by atoms with Crippen LogP contribution in [-0.2, 0) is 6.54 Å². The van der Waals surface area contributed by atoms with Crippen LogP contribution in [0.1, 0.15) is 28.8 Å². The number of rotatable bonds is 3. The van der Waals surface area contributed by atoms with E-state index in [-0.39, 0.29) is 22.8 Å². The number of benzene rings is 1. The molecule has 1 aromatic carbocycles. The fourth-order valence-corrected chi connectivity index (χ4v) is 4.29. The Morgan fingerprint density at radius 2 is 2.08 bits per heavy atom. The van der Waals surface area contributed by atoms with Gasteiger partial charge in [-0.3, -0.25) is 14.7 Å². The Morgan fingerprint density at radius 1 is 1.19 bits per heavy atom. The molecule has 1 aromatic heterocycles. The summed E-state index contributed by atoms with van der Waals surface area (Å²) in [5.74, 6) is 0.111. The lowest BCUT2D eigenvalue weighted by Gasteiger charge is -2.36. The highest BCUT2D eigenvalue weighted by molar-refractivity contribution is 6.30. The van der Waals surface area contributed by atoms with Crippen molar-refractivity contribution in [3.8, 4) is 0 Å². The molecule has 0 spiro atoms. The smallest absolute Gasteiger partial charge is 0.255 e. The van der Waals surface area contributed by atoms with Gasteiger partial charge in [0.1, 0.15) is 5.82 Å². The topological polar surface area (TPSA) is 36.4 Å². The number of piperidine rings is 1. The van der Waals surface area contributed by atoms with Crippen molar-refractivity contribution >= 4 is 17.5 Å². The van der Waals surface area contributed by atoms with Crippen molar-refractivity contribution in [2.75, 3.05) is 19.6 Å². The predicted molar refractivity (Wildman–Crippen MR) is 98.5 cm³/mol. The second-order valence-electron chi connectivity index (χ2n) is 7.19. The molecule has 0 saturated carbocycles. The fourth-order valence-electron chi connectivity index (χ4n) is 4.10. The van der Waals surface area contributed by atoms with Gasteiger partial charge in [0.15, 0.2) is 0 Å². The first-order valence-corrected chi connectivity index (χ1v) is 9.36. The third kappa shape index (κ3) is 3.46. The van der Waals surface area contributed by atoms with Crippen molar-refractivity contribution in [2.45, 2.75) is 25.4 Å².